The van der Waals surface area contributed by atoms with E-state index in [1.54, 1.807) is 38.1 Å². The number of sulfone groups is 1. The molecule has 1 aliphatic rings. The van der Waals surface area contributed by atoms with Crippen molar-refractivity contribution in [3.05, 3.63) is 64.5 Å². The highest BCUT2D eigenvalue weighted by atomic mass is 32.2. The Bertz CT molecular complexity index is 1150. The van der Waals surface area contributed by atoms with E-state index in [-0.39, 0.29) is 17.2 Å². The Morgan fingerprint density at radius 1 is 1.14 bits per heavy atom. The zero-order valence-electron chi connectivity index (χ0n) is 15.6. The molecule has 5 nitrogen and oxygen atoms in total. The number of carbonyl (C=O) groups is 1. The van der Waals surface area contributed by atoms with E-state index in [2.05, 4.69) is 22.4 Å². The van der Waals surface area contributed by atoms with Crippen LogP contribution in [0.1, 0.15) is 29.9 Å². The molecule has 4 rings (SSSR count). The fourth-order valence-corrected chi connectivity index (χ4v) is 5.31. The third-order valence-corrected chi connectivity index (χ3v) is 7.95. The average Bonchev–Trinajstić information content (AvgIpc) is 3.19. The third-order valence-electron chi connectivity index (χ3n) is 4.80. The predicted octanol–water partition coefficient (Wildman–Crippen LogP) is 4.08. The van der Waals surface area contributed by atoms with E-state index < -0.39 is 15.1 Å². The Hall–Kier alpha value is -2.51. The van der Waals surface area contributed by atoms with Crippen molar-refractivity contribution in [1.82, 2.24) is 4.98 Å². The molecule has 0 fully saturated rings. The lowest BCUT2D eigenvalue weighted by Crippen LogP contribution is -2.15. The van der Waals surface area contributed by atoms with E-state index in [1.807, 2.05) is 12.1 Å². The molecule has 0 radical (unpaired) electrons. The topological polar surface area (TPSA) is 76.1 Å². The van der Waals surface area contributed by atoms with Crippen molar-refractivity contribution in [2.45, 2.75) is 36.8 Å². The molecular formula is C21H20N2O3S2. The summed E-state index contributed by atoms with van der Waals surface area (Å²) in [5, 5.41) is 2.99. The molecule has 1 aromatic heterocycles. The summed E-state index contributed by atoms with van der Waals surface area (Å²) < 4.78 is 24.4. The fraction of sp³-hybridized carbons (Fsp3) is 0.238. The minimum atomic E-state index is -3.30. The predicted molar refractivity (Wildman–Crippen MR) is 111 cm³/mol. The summed E-state index contributed by atoms with van der Waals surface area (Å²) in [4.78, 5) is 18.4. The molecule has 0 aliphatic heterocycles. The second-order valence-electron chi connectivity index (χ2n) is 7.09. The summed E-state index contributed by atoms with van der Waals surface area (Å²) in [6, 6.07) is 14.7. The first-order valence-electron chi connectivity index (χ1n) is 9.05. The molecule has 1 amide bonds. The van der Waals surface area contributed by atoms with Gasteiger partial charge in [0.05, 0.1) is 22.3 Å². The van der Waals surface area contributed by atoms with Gasteiger partial charge < -0.3 is 5.32 Å². The number of hydrogen-bond acceptors (Lipinski definition) is 5. The summed E-state index contributed by atoms with van der Waals surface area (Å²) in [6.45, 7) is 3.31. The molecule has 3 aromatic rings. The maximum Gasteiger partial charge on any atom is 0.230 e. The van der Waals surface area contributed by atoms with Gasteiger partial charge in [-0.3, -0.25) is 4.79 Å². The summed E-state index contributed by atoms with van der Waals surface area (Å²) in [6.07, 6.45) is 1.02. The van der Waals surface area contributed by atoms with Crippen molar-refractivity contribution in [1.29, 1.82) is 0 Å². The van der Waals surface area contributed by atoms with E-state index in [0.717, 1.165) is 23.2 Å². The molecule has 0 unspecified atom stereocenters. The van der Waals surface area contributed by atoms with E-state index >= 15 is 0 Å². The van der Waals surface area contributed by atoms with E-state index in [0.29, 0.717) is 5.13 Å². The zero-order chi connectivity index (χ0) is 19.9. The fourth-order valence-electron chi connectivity index (χ4n) is 3.23. The maximum absolute atomic E-state index is 12.4. The second kappa shape index (κ2) is 7.14. The Balaban J connectivity index is 1.44. The van der Waals surface area contributed by atoms with Gasteiger partial charge in [-0.2, -0.15) is 0 Å². The highest BCUT2D eigenvalue weighted by Gasteiger charge is 2.23. The highest BCUT2D eigenvalue weighted by molar-refractivity contribution is 7.92. The molecule has 0 bridgehead atoms. The molecule has 28 heavy (non-hydrogen) atoms. The number of carbonyl (C=O) groups excluding carboxylic acids is 1. The summed E-state index contributed by atoms with van der Waals surface area (Å²) in [5.74, 6) is -0.167. The molecule has 1 aliphatic carbocycles. The van der Waals surface area contributed by atoms with Crippen molar-refractivity contribution < 1.29 is 13.2 Å². The number of fused-ring (bicyclic) bond motifs is 3. The molecule has 2 aromatic carbocycles. The van der Waals surface area contributed by atoms with Crippen LogP contribution < -0.4 is 5.32 Å². The lowest BCUT2D eigenvalue weighted by molar-refractivity contribution is -0.115. The van der Waals surface area contributed by atoms with Gasteiger partial charge in [-0.1, -0.05) is 36.4 Å². The van der Waals surface area contributed by atoms with E-state index in [4.69, 9.17) is 0 Å². The number of nitrogens with one attached hydrogen (secondary N) is 1. The Kier molecular flexibility index (Phi) is 4.81. The summed E-state index contributed by atoms with van der Waals surface area (Å²) in [5.41, 5.74) is 4.12. The Morgan fingerprint density at radius 2 is 1.86 bits per heavy atom. The molecule has 144 valence electrons. The Morgan fingerprint density at radius 3 is 2.57 bits per heavy atom. The van der Waals surface area contributed by atoms with Gasteiger partial charge in [0.1, 0.15) is 0 Å². The van der Waals surface area contributed by atoms with Crippen molar-refractivity contribution in [3.8, 4) is 11.3 Å². The summed E-state index contributed by atoms with van der Waals surface area (Å²) in [7, 11) is -3.30. The number of nitrogens with zero attached hydrogens (tertiary/aromatic N) is 1. The first kappa shape index (κ1) is 18.8. The van der Waals surface area contributed by atoms with Crippen LogP contribution in [0, 0.1) is 0 Å². The van der Waals surface area contributed by atoms with Crippen LogP contribution in [0.25, 0.3) is 11.3 Å². The normalized spacial score (nSPS) is 12.7. The van der Waals surface area contributed by atoms with Crippen LogP contribution in [-0.2, 0) is 27.5 Å². The van der Waals surface area contributed by atoms with Crippen molar-refractivity contribution in [2.75, 3.05) is 5.32 Å². The smallest absolute Gasteiger partial charge is 0.230 e. The molecule has 0 saturated carbocycles. The molecule has 1 N–H and O–H groups in total. The molecule has 0 saturated heterocycles. The molecular weight excluding hydrogens is 392 g/mol. The molecule has 0 spiro atoms. The van der Waals surface area contributed by atoms with Gasteiger partial charge in [0, 0.05) is 16.9 Å². The number of rotatable bonds is 5. The number of hydrogen-bond donors (Lipinski definition) is 1. The van der Waals surface area contributed by atoms with Crippen molar-refractivity contribution in [3.63, 3.8) is 0 Å². The Labute approximate surface area is 168 Å². The van der Waals surface area contributed by atoms with Crippen LogP contribution in [0.4, 0.5) is 5.13 Å². The summed E-state index contributed by atoms with van der Waals surface area (Å²) >= 11 is 1.50. The lowest BCUT2D eigenvalue weighted by Gasteiger charge is -2.08. The van der Waals surface area contributed by atoms with Crippen LogP contribution >= 0.6 is 11.3 Å². The quantitative estimate of drug-likeness (QED) is 0.536. The minimum Gasteiger partial charge on any atom is -0.302 e. The van der Waals surface area contributed by atoms with Crippen molar-refractivity contribution >= 4 is 32.2 Å². The van der Waals surface area contributed by atoms with E-state index in [1.165, 1.54) is 21.8 Å². The van der Waals surface area contributed by atoms with Gasteiger partial charge in [-0.25, -0.2) is 13.4 Å². The molecule has 1 heterocycles. The molecule has 7 heteroatoms. The van der Waals surface area contributed by atoms with Crippen LogP contribution in [0.2, 0.25) is 0 Å². The SMILES string of the molecule is CC(C)S(=O)(=O)c1ccc(CC(=O)Nc2nc3c(s2)Cc2ccccc2-3)cc1. The van der Waals surface area contributed by atoms with Crippen LogP contribution in [0.3, 0.4) is 0 Å². The van der Waals surface area contributed by atoms with Gasteiger partial charge in [0.25, 0.3) is 0 Å². The lowest BCUT2D eigenvalue weighted by atomic mass is 10.1. The van der Waals surface area contributed by atoms with Gasteiger partial charge in [0.15, 0.2) is 15.0 Å². The van der Waals surface area contributed by atoms with E-state index in [9.17, 15) is 13.2 Å². The minimum absolute atomic E-state index is 0.167. The zero-order valence-corrected chi connectivity index (χ0v) is 17.2. The van der Waals surface area contributed by atoms with Gasteiger partial charge in [0.2, 0.25) is 5.91 Å². The van der Waals surface area contributed by atoms with Gasteiger partial charge in [-0.05, 0) is 37.1 Å². The third kappa shape index (κ3) is 3.47. The van der Waals surface area contributed by atoms with Crippen LogP contribution in [0.15, 0.2) is 53.4 Å². The number of anilines is 1. The van der Waals surface area contributed by atoms with Crippen LogP contribution in [-0.4, -0.2) is 24.6 Å². The molecule has 0 atom stereocenters. The maximum atomic E-state index is 12.4. The largest absolute Gasteiger partial charge is 0.302 e. The number of thiazole rings is 1. The average molecular weight is 413 g/mol. The standard InChI is InChI=1S/C21H20N2O3S2/c1-13(2)28(25,26)16-9-7-14(8-10-16)11-19(24)22-21-23-20-17-6-4-3-5-15(17)12-18(20)27-21/h3-10,13H,11-12H2,1-2H3,(H,22,23,24). The monoisotopic (exact) mass is 412 g/mol. The highest BCUT2D eigenvalue weighted by Crippen LogP contribution is 2.40. The van der Waals surface area contributed by atoms with Crippen molar-refractivity contribution in [2.24, 2.45) is 0 Å². The van der Waals surface area contributed by atoms with Gasteiger partial charge >= 0.3 is 0 Å². The number of benzene rings is 2. The second-order valence-corrected chi connectivity index (χ2v) is 10.7. The van der Waals surface area contributed by atoms with Gasteiger partial charge in [-0.15, -0.1) is 11.3 Å². The first-order valence-corrected chi connectivity index (χ1v) is 11.4. The number of aromatic nitrogens is 1. The first-order chi connectivity index (χ1) is 13.3. The number of amides is 1. The van der Waals surface area contributed by atoms with Crippen LogP contribution in [0.5, 0.6) is 0 Å².